The molecular weight excluding hydrogens is 186 g/mol. The Morgan fingerprint density at radius 1 is 1.21 bits per heavy atom. The van der Waals surface area contributed by atoms with E-state index in [1.807, 2.05) is 0 Å². The van der Waals surface area contributed by atoms with Crippen molar-refractivity contribution in [2.24, 2.45) is 0 Å². The second-order valence-electron chi connectivity index (χ2n) is 3.56. The Balaban J connectivity index is 3.32. The summed E-state index contributed by atoms with van der Waals surface area (Å²) in [6, 6.07) is 2.17. The Morgan fingerprint density at radius 2 is 1.64 bits per heavy atom. The largest absolute Gasteiger partial charge is 0.295 e. The minimum absolute atomic E-state index is 0.0370. The van der Waals surface area contributed by atoms with E-state index < -0.39 is 11.6 Å². The average molecular weight is 198 g/mol. The lowest BCUT2D eigenvalue weighted by atomic mass is 9.99. The summed E-state index contributed by atoms with van der Waals surface area (Å²) in [4.78, 5) is 10.9. The van der Waals surface area contributed by atoms with Gasteiger partial charge in [0.2, 0.25) is 0 Å². The molecule has 0 aliphatic carbocycles. The predicted octanol–water partition coefficient (Wildman–Crippen LogP) is 3.29. The summed E-state index contributed by atoms with van der Waals surface area (Å²) in [5.41, 5.74) is 0.111. The lowest BCUT2D eigenvalue weighted by Crippen LogP contribution is -2.02. The molecule has 0 bridgehead atoms. The Labute approximate surface area is 81.7 Å². The molecule has 0 aliphatic heterocycles. The molecule has 0 spiro atoms. The molecule has 0 N–H and O–H groups in total. The predicted molar refractivity (Wildman–Crippen MR) is 50.5 cm³/mol. The summed E-state index contributed by atoms with van der Waals surface area (Å²) >= 11 is 0. The molecule has 14 heavy (non-hydrogen) atoms. The Hall–Kier alpha value is -1.25. The van der Waals surface area contributed by atoms with E-state index in [1.54, 1.807) is 13.8 Å². The molecule has 0 aromatic heterocycles. The zero-order valence-corrected chi connectivity index (χ0v) is 8.40. The van der Waals surface area contributed by atoms with Crippen LogP contribution < -0.4 is 0 Å². The van der Waals surface area contributed by atoms with Gasteiger partial charge in [-0.1, -0.05) is 13.8 Å². The van der Waals surface area contributed by atoms with Crippen molar-refractivity contribution in [2.45, 2.75) is 26.7 Å². The Bertz CT molecular complexity index is 347. The number of hydrogen-bond donors (Lipinski definition) is 0. The third-order valence-corrected chi connectivity index (χ3v) is 2.06. The van der Waals surface area contributed by atoms with Gasteiger partial charge in [-0.15, -0.1) is 0 Å². The molecule has 0 saturated heterocycles. The molecule has 0 heterocycles. The molecule has 1 rings (SSSR count). The van der Waals surface area contributed by atoms with Gasteiger partial charge in [-0.2, -0.15) is 0 Å². The smallest absolute Gasteiger partial charge is 0.160 e. The maximum absolute atomic E-state index is 13.3. The standard InChI is InChI=1S/C11H12F2O/c1-6(2)11-9(12)4-8(7(3)14)5-10(11)13/h4-6H,1-3H3. The molecule has 0 saturated carbocycles. The van der Waals surface area contributed by atoms with Gasteiger partial charge in [0.25, 0.3) is 0 Å². The zero-order valence-electron chi connectivity index (χ0n) is 8.40. The highest BCUT2D eigenvalue weighted by molar-refractivity contribution is 5.94. The van der Waals surface area contributed by atoms with Crippen molar-refractivity contribution in [1.29, 1.82) is 0 Å². The lowest BCUT2D eigenvalue weighted by molar-refractivity contribution is 0.101. The third kappa shape index (κ3) is 1.97. The van der Waals surface area contributed by atoms with Crippen molar-refractivity contribution in [3.05, 3.63) is 34.9 Å². The molecule has 0 fully saturated rings. The number of carbonyl (C=O) groups excluding carboxylic acids is 1. The van der Waals surface area contributed by atoms with Crippen LogP contribution in [-0.4, -0.2) is 5.78 Å². The zero-order chi connectivity index (χ0) is 10.9. The number of benzene rings is 1. The summed E-state index contributed by atoms with van der Waals surface area (Å²) in [6.45, 7) is 4.69. The van der Waals surface area contributed by atoms with Crippen LogP contribution in [0.5, 0.6) is 0 Å². The maximum atomic E-state index is 13.3. The number of ketones is 1. The van der Waals surface area contributed by atoms with E-state index in [2.05, 4.69) is 0 Å². The second-order valence-corrected chi connectivity index (χ2v) is 3.56. The lowest BCUT2D eigenvalue weighted by Gasteiger charge is -2.09. The van der Waals surface area contributed by atoms with Gasteiger partial charge in [0.05, 0.1) is 0 Å². The van der Waals surface area contributed by atoms with Crippen molar-refractivity contribution in [1.82, 2.24) is 0 Å². The molecule has 0 unspecified atom stereocenters. The van der Waals surface area contributed by atoms with Crippen LogP contribution in [0.2, 0.25) is 0 Å². The van der Waals surface area contributed by atoms with Crippen molar-refractivity contribution >= 4 is 5.78 Å². The van der Waals surface area contributed by atoms with Gasteiger partial charge in [0.1, 0.15) is 11.6 Å². The fourth-order valence-corrected chi connectivity index (χ4v) is 1.34. The first-order valence-electron chi connectivity index (χ1n) is 4.43. The molecule has 1 aromatic rings. The van der Waals surface area contributed by atoms with Crippen LogP contribution in [0.3, 0.4) is 0 Å². The molecule has 0 amide bonds. The summed E-state index contributed by atoms with van der Waals surface area (Å²) in [5.74, 6) is -1.86. The molecule has 0 aliphatic rings. The van der Waals surface area contributed by atoms with Crippen LogP contribution in [0.4, 0.5) is 8.78 Å². The number of Topliss-reactive ketones (excluding diaryl/α,β-unsaturated/α-hetero) is 1. The fourth-order valence-electron chi connectivity index (χ4n) is 1.34. The Kier molecular flexibility index (Phi) is 2.99. The quantitative estimate of drug-likeness (QED) is 0.666. The molecule has 1 aromatic carbocycles. The van der Waals surface area contributed by atoms with E-state index >= 15 is 0 Å². The molecule has 76 valence electrons. The molecule has 3 heteroatoms. The SMILES string of the molecule is CC(=O)c1cc(F)c(C(C)C)c(F)c1. The van der Waals surface area contributed by atoms with Gasteiger partial charge in [-0.05, 0) is 25.0 Å². The summed E-state index contributed by atoms with van der Waals surface area (Å²) < 4.78 is 26.7. The van der Waals surface area contributed by atoms with Gasteiger partial charge < -0.3 is 0 Å². The van der Waals surface area contributed by atoms with Gasteiger partial charge in [0, 0.05) is 11.1 Å². The summed E-state index contributed by atoms with van der Waals surface area (Å²) in [5, 5.41) is 0. The van der Waals surface area contributed by atoms with Gasteiger partial charge in [-0.3, -0.25) is 4.79 Å². The molecule has 1 nitrogen and oxygen atoms in total. The van der Waals surface area contributed by atoms with Crippen LogP contribution in [-0.2, 0) is 0 Å². The molecule has 0 atom stereocenters. The fraction of sp³-hybridized carbons (Fsp3) is 0.364. The minimum atomic E-state index is -0.648. The van der Waals surface area contributed by atoms with Crippen molar-refractivity contribution < 1.29 is 13.6 Å². The first kappa shape index (κ1) is 10.8. The van der Waals surface area contributed by atoms with Gasteiger partial charge in [0.15, 0.2) is 5.78 Å². The van der Waals surface area contributed by atoms with E-state index in [-0.39, 0.29) is 22.8 Å². The maximum Gasteiger partial charge on any atom is 0.160 e. The monoisotopic (exact) mass is 198 g/mol. The van der Waals surface area contributed by atoms with Crippen LogP contribution in [0.1, 0.15) is 42.6 Å². The summed E-state index contributed by atoms with van der Waals surface area (Å²) in [6.07, 6.45) is 0. The van der Waals surface area contributed by atoms with Crippen molar-refractivity contribution in [2.75, 3.05) is 0 Å². The van der Waals surface area contributed by atoms with E-state index in [4.69, 9.17) is 0 Å². The summed E-state index contributed by atoms with van der Waals surface area (Å²) in [7, 11) is 0. The first-order valence-corrected chi connectivity index (χ1v) is 4.43. The average Bonchev–Trinajstić information content (AvgIpc) is 2.01. The topological polar surface area (TPSA) is 17.1 Å². The van der Waals surface area contributed by atoms with Crippen LogP contribution in [0.15, 0.2) is 12.1 Å². The van der Waals surface area contributed by atoms with E-state index in [9.17, 15) is 13.6 Å². The highest BCUT2D eigenvalue weighted by Gasteiger charge is 2.15. The van der Waals surface area contributed by atoms with E-state index in [0.29, 0.717) is 0 Å². The van der Waals surface area contributed by atoms with Crippen molar-refractivity contribution in [3.63, 3.8) is 0 Å². The number of halogens is 2. The van der Waals surface area contributed by atoms with Gasteiger partial charge in [-0.25, -0.2) is 8.78 Å². The first-order chi connectivity index (χ1) is 6.43. The number of hydrogen-bond acceptors (Lipinski definition) is 1. The van der Waals surface area contributed by atoms with Crippen LogP contribution in [0.25, 0.3) is 0 Å². The van der Waals surface area contributed by atoms with E-state index in [0.717, 1.165) is 12.1 Å². The van der Waals surface area contributed by atoms with Crippen LogP contribution >= 0.6 is 0 Å². The minimum Gasteiger partial charge on any atom is -0.295 e. The molecular formula is C11H12F2O. The Morgan fingerprint density at radius 3 is 1.93 bits per heavy atom. The van der Waals surface area contributed by atoms with Crippen LogP contribution in [0, 0.1) is 11.6 Å². The highest BCUT2D eigenvalue weighted by atomic mass is 19.1. The highest BCUT2D eigenvalue weighted by Crippen LogP contribution is 2.23. The number of carbonyl (C=O) groups is 1. The number of rotatable bonds is 2. The second kappa shape index (κ2) is 3.86. The molecule has 0 radical (unpaired) electrons. The van der Waals surface area contributed by atoms with E-state index in [1.165, 1.54) is 6.92 Å². The third-order valence-electron chi connectivity index (χ3n) is 2.06. The van der Waals surface area contributed by atoms with Gasteiger partial charge >= 0.3 is 0 Å². The van der Waals surface area contributed by atoms with Crippen molar-refractivity contribution in [3.8, 4) is 0 Å². The normalized spacial score (nSPS) is 10.7.